The van der Waals surface area contributed by atoms with Crippen molar-refractivity contribution < 1.29 is 0 Å². The van der Waals surface area contributed by atoms with Crippen molar-refractivity contribution in [1.82, 2.24) is 19.1 Å². The number of H-pyrrole nitrogens is 1. The Morgan fingerprint density at radius 1 is 1.41 bits per heavy atom. The number of aromatic amines is 1. The molecule has 7 nitrogen and oxygen atoms in total. The smallest absolute Gasteiger partial charge is 0.328 e. The maximum Gasteiger partial charge on any atom is 0.328 e. The zero-order valence-corrected chi connectivity index (χ0v) is 8.83. The summed E-state index contributed by atoms with van der Waals surface area (Å²) in [7, 11) is 0. The molecule has 0 aromatic carbocycles. The van der Waals surface area contributed by atoms with E-state index >= 15 is 0 Å². The molecule has 86 valence electrons. The van der Waals surface area contributed by atoms with Crippen LogP contribution in [-0.2, 0) is 13.1 Å². The third-order valence-electron chi connectivity index (χ3n) is 2.29. The van der Waals surface area contributed by atoms with E-state index < -0.39 is 11.2 Å². The minimum Gasteiger partial charge on any atom is -0.336 e. The predicted molar refractivity (Wildman–Crippen MR) is 58.3 cm³/mol. The van der Waals surface area contributed by atoms with Crippen molar-refractivity contribution in [3.05, 3.63) is 51.3 Å². The number of aryl methyl sites for hydroxylation is 2. The van der Waals surface area contributed by atoms with Crippen LogP contribution >= 0.6 is 0 Å². The molecule has 0 saturated heterocycles. The summed E-state index contributed by atoms with van der Waals surface area (Å²) in [6.45, 7) is 0.900. The van der Waals surface area contributed by atoms with Gasteiger partial charge in [-0.05, 0) is 0 Å². The highest BCUT2D eigenvalue weighted by Crippen LogP contribution is 1.90. The van der Waals surface area contributed by atoms with Gasteiger partial charge in [0.1, 0.15) is 11.6 Å². The van der Waals surface area contributed by atoms with E-state index in [-0.39, 0.29) is 5.56 Å². The van der Waals surface area contributed by atoms with Gasteiger partial charge in [0.05, 0.1) is 6.33 Å². The topological polar surface area (TPSA) is 96.5 Å². The molecule has 0 atom stereocenters. The molecule has 1 N–H and O–H groups in total. The molecule has 2 aromatic rings. The monoisotopic (exact) mass is 231 g/mol. The highest BCUT2D eigenvalue weighted by Gasteiger charge is 2.03. The van der Waals surface area contributed by atoms with E-state index in [4.69, 9.17) is 5.26 Å². The van der Waals surface area contributed by atoms with Crippen molar-refractivity contribution in [3.63, 3.8) is 0 Å². The maximum absolute atomic E-state index is 11.4. The molecule has 0 amide bonds. The summed E-state index contributed by atoms with van der Waals surface area (Å²) in [6, 6.07) is 1.73. The Morgan fingerprint density at radius 2 is 2.24 bits per heavy atom. The molecule has 2 heterocycles. The molecule has 7 heteroatoms. The first-order valence-corrected chi connectivity index (χ1v) is 4.90. The van der Waals surface area contributed by atoms with Gasteiger partial charge in [-0.3, -0.25) is 14.3 Å². The van der Waals surface area contributed by atoms with Crippen LogP contribution < -0.4 is 11.2 Å². The Morgan fingerprint density at radius 3 is 2.88 bits per heavy atom. The van der Waals surface area contributed by atoms with Crippen molar-refractivity contribution >= 4 is 0 Å². The Balaban J connectivity index is 2.25. The van der Waals surface area contributed by atoms with Gasteiger partial charge >= 0.3 is 5.69 Å². The van der Waals surface area contributed by atoms with Crippen molar-refractivity contribution in [1.29, 1.82) is 5.26 Å². The van der Waals surface area contributed by atoms with Crippen molar-refractivity contribution in [2.75, 3.05) is 0 Å². The van der Waals surface area contributed by atoms with Crippen molar-refractivity contribution in [2.24, 2.45) is 0 Å². The standard InChI is InChI=1S/C10H9N5O2/c11-5-8-6-15(10(17)13-9(8)16)4-3-14-2-1-12-7-14/h1-2,6-7H,3-4H2,(H,13,16,17). The zero-order chi connectivity index (χ0) is 12.3. The summed E-state index contributed by atoms with van der Waals surface area (Å²) >= 11 is 0. The number of rotatable bonds is 3. The van der Waals surface area contributed by atoms with Gasteiger partial charge in [0.25, 0.3) is 5.56 Å². The van der Waals surface area contributed by atoms with Crippen LogP contribution in [0.5, 0.6) is 0 Å². The second kappa shape index (κ2) is 4.49. The molecule has 0 spiro atoms. The fourth-order valence-corrected chi connectivity index (χ4v) is 1.40. The summed E-state index contributed by atoms with van der Waals surface area (Å²) < 4.78 is 3.09. The maximum atomic E-state index is 11.4. The molecule has 17 heavy (non-hydrogen) atoms. The molecule has 0 radical (unpaired) electrons. The molecule has 0 bridgehead atoms. The average molecular weight is 231 g/mol. The first-order valence-electron chi connectivity index (χ1n) is 4.90. The summed E-state index contributed by atoms with van der Waals surface area (Å²) in [5.74, 6) is 0. The Kier molecular flexibility index (Phi) is 2.87. The number of nitrogens with one attached hydrogen (secondary N) is 1. The van der Waals surface area contributed by atoms with Crippen LogP contribution in [0.25, 0.3) is 0 Å². The lowest BCUT2D eigenvalue weighted by Gasteiger charge is -2.05. The van der Waals surface area contributed by atoms with Gasteiger partial charge in [-0.25, -0.2) is 9.78 Å². The first-order chi connectivity index (χ1) is 8.20. The molecule has 0 fully saturated rings. The lowest BCUT2D eigenvalue weighted by atomic mass is 10.4. The Hall–Kier alpha value is -2.62. The van der Waals surface area contributed by atoms with Gasteiger partial charge < -0.3 is 4.57 Å². The van der Waals surface area contributed by atoms with Crippen LogP contribution in [0.2, 0.25) is 0 Å². The van der Waals surface area contributed by atoms with E-state index in [1.807, 2.05) is 0 Å². The molecule has 0 aliphatic rings. The van der Waals surface area contributed by atoms with Crippen molar-refractivity contribution in [2.45, 2.75) is 13.1 Å². The van der Waals surface area contributed by atoms with Gasteiger partial charge in [-0.2, -0.15) is 5.26 Å². The number of nitrogens with zero attached hydrogens (tertiary/aromatic N) is 4. The molecular formula is C10H9N5O2. The Bertz CT molecular complexity index is 659. The molecule has 2 aromatic heterocycles. The number of hydrogen-bond acceptors (Lipinski definition) is 4. The highest BCUT2D eigenvalue weighted by molar-refractivity contribution is 5.21. The van der Waals surface area contributed by atoms with E-state index in [0.717, 1.165) is 0 Å². The Labute approximate surface area is 95.6 Å². The summed E-state index contributed by atoms with van der Waals surface area (Å²) in [4.78, 5) is 28.6. The van der Waals surface area contributed by atoms with E-state index in [0.29, 0.717) is 13.1 Å². The summed E-state index contributed by atoms with van der Waals surface area (Å²) in [5.41, 5.74) is -1.25. The lowest BCUT2D eigenvalue weighted by molar-refractivity contribution is 0.553. The largest absolute Gasteiger partial charge is 0.336 e. The van der Waals surface area contributed by atoms with Gasteiger partial charge in [-0.15, -0.1) is 0 Å². The molecule has 0 unspecified atom stereocenters. The van der Waals surface area contributed by atoms with Gasteiger partial charge in [-0.1, -0.05) is 0 Å². The predicted octanol–water partition coefficient (Wildman–Crippen LogP) is -0.695. The summed E-state index contributed by atoms with van der Waals surface area (Å²) in [5, 5.41) is 8.69. The fraction of sp³-hybridized carbons (Fsp3) is 0.200. The van der Waals surface area contributed by atoms with Crippen LogP contribution in [0.15, 0.2) is 34.5 Å². The van der Waals surface area contributed by atoms with Crippen LogP contribution in [0.3, 0.4) is 0 Å². The molecule has 2 rings (SSSR count). The van der Waals surface area contributed by atoms with Gasteiger partial charge in [0.2, 0.25) is 0 Å². The number of aromatic nitrogens is 4. The highest BCUT2D eigenvalue weighted by atomic mass is 16.2. The van der Waals surface area contributed by atoms with Crippen molar-refractivity contribution in [3.8, 4) is 6.07 Å². The van der Waals surface area contributed by atoms with E-state index in [1.165, 1.54) is 10.8 Å². The van der Waals surface area contributed by atoms with Gasteiger partial charge in [0, 0.05) is 31.7 Å². The normalized spacial score (nSPS) is 10.1. The van der Waals surface area contributed by atoms with Crippen LogP contribution in [0, 0.1) is 11.3 Å². The number of imidazole rings is 1. The lowest BCUT2D eigenvalue weighted by Crippen LogP contribution is -2.31. The van der Waals surface area contributed by atoms with Gasteiger partial charge in [0.15, 0.2) is 0 Å². The third kappa shape index (κ3) is 2.31. The fourth-order valence-electron chi connectivity index (χ4n) is 1.40. The third-order valence-corrected chi connectivity index (χ3v) is 2.29. The summed E-state index contributed by atoms with van der Waals surface area (Å²) in [6.07, 6.45) is 6.29. The molecular weight excluding hydrogens is 222 g/mol. The number of nitriles is 1. The minimum atomic E-state index is -0.656. The average Bonchev–Trinajstić information content (AvgIpc) is 2.81. The van der Waals surface area contributed by atoms with E-state index in [2.05, 4.69) is 9.97 Å². The van der Waals surface area contributed by atoms with Crippen LogP contribution in [0.1, 0.15) is 5.56 Å². The van der Waals surface area contributed by atoms with Crippen LogP contribution in [-0.4, -0.2) is 19.1 Å². The second-order valence-corrected chi connectivity index (χ2v) is 3.41. The SMILES string of the molecule is N#Cc1cn(CCn2ccnc2)c(=O)[nH]c1=O. The molecule has 0 saturated carbocycles. The van der Waals surface area contributed by atoms with E-state index in [1.54, 1.807) is 29.4 Å². The van der Waals surface area contributed by atoms with Crippen LogP contribution in [0.4, 0.5) is 0 Å². The zero-order valence-electron chi connectivity index (χ0n) is 8.83. The second-order valence-electron chi connectivity index (χ2n) is 3.41. The minimum absolute atomic E-state index is 0.0739. The molecule has 0 aliphatic carbocycles. The molecule has 0 aliphatic heterocycles. The quantitative estimate of drug-likeness (QED) is 0.755. The first kappa shape index (κ1) is 10.9. The van der Waals surface area contributed by atoms with E-state index in [9.17, 15) is 9.59 Å². The number of hydrogen-bond donors (Lipinski definition) is 1.